The zero-order valence-corrected chi connectivity index (χ0v) is 12.9. The molecule has 0 fully saturated rings. The minimum Gasteiger partial charge on any atom is -0.331 e. The first-order chi connectivity index (χ1) is 10.3. The molecule has 2 rings (SSSR count). The van der Waals surface area contributed by atoms with Crippen molar-refractivity contribution >= 4 is 0 Å². The van der Waals surface area contributed by atoms with Crippen LogP contribution in [0.1, 0.15) is 36.7 Å². The van der Waals surface area contributed by atoms with Crippen LogP contribution in [0.3, 0.4) is 0 Å². The Morgan fingerprint density at radius 1 is 1.23 bits per heavy atom. The molecule has 0 saturated carbocycles. The molecule has 0 saturated heterocycles. The molecule has 1 aromatic carbocycles. The summed E-state index contributed by atoms with van der Waals surface area (Å²) in [4.78, 5) is 6.11. The van der Waals surface area contributed by atoms with Crippen LogP contribution in [0.25, 0.3) is 0 Å². The van der Waals surface area contributed by atoms with Crippen molar-refractivity contribution in [3.63, 3.8) is 0 Å². The summed E-state index contributed by atoms with van der Waals surface area (Å²) in [7, 11) is 1.89. The van der Waals surface area contributed by atoms with Crippen LogP contribution in [-0.2, 0) is 19.3 Å². The van der Waals surface area contributed by atoms with E-state index in [9.17, 15) is 13.2 Å². The van der Waals surface area contributed by atoms with E-state index in [1.807, 2.05) is 11.9 Å². The molecule has 1 heterocycles. The second-order valence-corrected chi connectivity index (χ2v) is 5.76. The number of benzene rings is 1. The topological polar surface area (TPSA) is 21.1 Å². The van der Waals surface area contributed by atoms with Gasteiger partial charge in [-0.1, -0.05) is 18.2 Å². The van der Waals surface area contributed by atoms with Crippen LogP contribution < -0.4 is 0 Å². The Balaban J connectivity index is 2.06. The highest BCUT2D eigenvalue weighted by atomic mass is 19.4. The molecule has 0 radical (unpaired) electrons. The second kappa shape index (κ2) is 6.52. The summed E-state index contributed by atoms with van der Waals surface area (Å²) in [5.74, 6) is 0. The second-order valence-electron chi connectivity index (χ2n) is 5.76. The molecule has 0 atom stereocenters. The normalized spacial score (nSPS) is 12.4. The van der Waals surface area contributed by atoms with E-state index in [0.29, 0.717) is 24.7 Å². The Morgan fingerprint density at radius 3 is 2.59 bits per heavy atom. The number of hydrogen-bond donors (Lipinski definition) is 0. The van der Waals surface area contributed by atoms with Crippen molar-refractivity contribution < 1.29 is 13.2 Å². The molecule has 0 aliphatic heterocycles. The lowest BCUT2D eigenvalue weighted by Gasteiger charge is -2.19. The van der Waals surface area contributed by atoms with Crippen LogP contribution in [0.2, 0.25) is 0 Å². The molecule has 0 unspecified atom stereocenters. The lowest BCUT2D eigenvalue weighted by molar-refractivity contribution is -0.137. The van der Waals surface area contributed by atoms with Gasteiger partial charge in [-0.2, -0.15) is 13.2 Å². The van der Waals surface area contributed by atoms with Gasteiger partial charge in [0.05, 0.1) is 17.6 Å². The Morgan fingerprint density at radius 2 is 1.95 bits per heavy atom. The van der Waals surface area contributed by atoms with E-state index in [4.69, 9.17) is 0 Å². The summed E-state index contributed by atoms with van der Waals surface area (Å²) in [5, 5.41) is 0. The van der Waals surface area contributed by atoms with Crippen molar-refractivity contribution in [3.05, 3.63) is 53.6 Å². The number of halogens is 3. The predicted molar refractivity (Wildman–Crippen MR) is 79.2 cm³/mol. The molecule has 3 nitrogen and oxygen atoms in total. The minimum atomic E-state index is -4.30. The number of alkyl halides is 3. The van der Waals surface area contributed by atoms with Gasteiger partial charge in [-0.3, -0.25) is 4.90 Å². The fourth-order valence-corrected chi connectivity index (χ4v) is 2.41. The molecule has 0 aliphatic carbocycles. The number of aromatic nitrogens is 2. The number of imidazole rings is 1. The molecule has 0 amide bonds. The fourth-order valence-electron chi connectivity index (χ4n) is 2.41. The summed E-state index contributed by atoms with van der Waals surface area (Å²) in [6.07, 6.45) is -0.731. The van der Waals surface area contributed by atoms with Crippen LogP contribution in [0.15, 0.2) is 36.8 Å². The van der Waals surface area contributed by atoms with Gasteiger partial charge in [-0.25, -0.2) is 4.98 Å². The van der Waals surface area contributed by atoms with E-state index in [1.165, 1.54) is 12.1 Å². The van der Waals surface area contributed by atoms with Crippen molar-refractivity contribution in [2.75, 3.05) is 7.05 Å². The van der Waals surface area contributed by atoms with Gasteiger partial charge < -0.3 is 4.57 Å². The van der Waals surface area contributed by atoms with E-state index < -0.39 is 11.7 Å². The van der Waals surface area contributed by atoms with Gasteiger partial charge in [-0.15, -0.1) is 0 Å². The summed E-state index contributed by atoms with van der Waals surface area (Å²) in [6, 6.07) is 5.77. The maximum Gasteiger partial charge on any atom is 0.416 e. The molecule has 0 aliphatic rings. The molecule has 0 N–H and O–H groups in total. The smallest absolute Gasteiger partial charge is 0.331 e. The molecular formula is C16H20F3N3. The summed E-state index contributed by atoms with van der Waals surface area (Å²) >= 11 is 0. The van der Waals surface area contributed by atoms with Crippen molar-refractivity contribution in [2.45, 2.75) is 39.2 Å². The van der Waals surface area contributed by atoms with Gasteiger partial charge in [0.1, 0.15) is 0 Å². The zero-order valence-electron chi connectivity index (χ0n) is 12.9. The maximum absolute atomic E-state index is 12.7. The van der Waals surface area contributed by atoms with Crippen LogP contribution in [0.4, 0.5) is 13.2 Å². The van der Waals surface area contributed by atoms with E-state index in [-0.39, 0.29) is 0 Å². The predicted octanol–water partition coefficient (Wildman–Crippen LogP) is 4.11. The first-order valence-corrected chi connectivity index (χ1v) is 7.12. The molecule has 2 aromatic rings. The van der Waals surface area contributed by atoms with E-state index in [0.717, 1.165) is 11.8 Å². The highest BCUT2D eigenvalue weighted by Gasteiger charge is 2.30. The minimum absolute atomic E-state index is 0.305. The van der Waals surface area contributed by atoms with Gasteiger partial charge >= 0.3 is 6.18 Å². The molecule has 6 heteroatoms. The summed E-state index contributed by atoms with van der Waals surface area (Å²) < 4.78 is 40.2. The number of rotatable bonds is 5. The molecule has 120 valence electrons. The zero-order chi connectivity index (χ0) is 16.3. The Kier molecular flexibility index (Phi) is 4.90. The van der Waals surface area contributed by atoms with Crippen LogP contribution >= 0.6 is 0 Å². The van der Waals surface area contributed by atoms with E-state index in [1.54, 1.807) is 18.6 Å². The first kappa shape index (κ1) is 16.5. The highest BCUT2D eigenvalue weighted by Crippen LogP contribution is 2.29. The SMILES string of the molecule is CC(C)n1cncc1CN(C)Cc1cccc(C(F)(F)F)c1. The third-order valence-electron chi connectivity index (χ3n) is 3.44. The van der Waals surface area contributed by atoms with Crippen LogP contribution in [0, 0.1) is 0 Å². The third kappa shape index (κ3) is 4.10. The van der Waals surface area contributed by atoms with Gasteiger partial charge in [-0.05, 0) is 32.5 Å². The van der Waals surface area contributed by atoms with Crippen molar-refractivity contribution in [1.82, 2.24) is 14.5 Å². The Labute approximate surface area is 128 Å². The summed E-state index contributed by atoms with van der Waals surface area (Å²) in [6.45, 7) is 5.22. The van der Waals surface area contributed by atoms with E-state index >= 15 is 0 Å². The monoisotopic (exact) mass is 311 g/mol. The molecule has 0 spiro atoms. The average Bonchev–Trinajstić information content (AvgIpc) is 2.86. The van der Waals surface area contributed by atoms with Crippen molar-refractivity contribution in [1.29, 1.82) is 0 Å². The third-order valence-corrected chi connectivity index (χ3v) is 3.44. The molecule has 1 aromatic heterocycles. The number of hydrogen-bond acceptors (Lipinski definition) is 2. The maximum atomic E-state index is 12.7. The Bertz CT molecular complexity index is 617. The van der Waals surface area contributed by atoms with E-state index in [2.05, 4.69) is 23.4 Å². The quantitative estimate of drug-likeness (QED) is 0.828. The van der Waals surface area contributed by atoms with Gasteiger partial charge in [0, 0.05) is 25.3 Å². The van der Waals surface area contributed by atoms with Crippen molar-refractivity contribution in [3.8, 4) is 0 Å². The standard InChI is InChI=1S/C16H20F3N3/c1-12(2)22-11-20-8-15(22)10-21(3)9-13-5-4-6-14(7-13)16(17,18)19/h4-8,11-12H,9-10H2,1-3H3. The Hall–Kier alpha value is -1.82. The molecule has 22 heavy (non-hydrogen) atoms. The lowest BCUT2D eigenvalue weighted by Crippen LogP contribution is -2.20. The van der Waals surface area contributed by atoms with Crippen LogP contribution in [-0.4, -0.2) is 21.5 Å². The van der Waals surface area contributed by atoms with Gasteiger partial charge in [0.2, 0.25) is 0 Å². The largest absolute Gasteiger partial charge is 0.416 e. The fraction of sp³-hybridized carbons (Fsp3) is 0.438. The number of nitrogens with zero attached hydrogens (tertiary/aromatic N) is 3. The molecular weight excluding hydrogens is 291 g/mol. The summed E-state index contributed by atoms with van der Waals surface area (Å²) in [5.41, 5.74) is 1.09. The lowest BCUT2D eigenvalue weighted by atomic mass is 10.1. The molecule has 0 bridgehead atoms. The average molecular weight is 311 g/mol. The van der Waals surface area contributed by atoms with Crippen LogP contribution in [0.5, 0.6) is 0 Å². The van der Waals surface area contributed by atoms with Gasteiger partial charge in [0.15, 0.2) is 0 Å². The highest BCUT2D eigenvalue weighted by molar-refractivity contribution is 5.25. The first-order valence-electron chi connectivity index (χ1n) is 7.12. The van der Waals surface area contributed by atoms with Gasteiger partial charge in [0.25, 0.3) is 0 Å². The van der Waals surface area contributed by atoms with Crippen molar-refractivity contribution in [2.24, 2.45) is 0 Å².